The Bertz CT molecular complexity index is 3260. The Morgan fingerprint density at radius 3 is 1.68 bits per heavy atom. The fourth-order valence-electron chi connectivity index (χ4n) is 8.47. The normalized spacial score (nSPS) is 11.8. The summed E-state index contributed by atoms with van der Waals surface area (Å²) >= 11 is 0. The second-order valence-corrected chi connectivity index (χ2v) is 13.6. The van der Waals surface area contributed by atoms with E-state index in [4.69, 9.17) is 4.42 Å². The largest absolute Gasteiger partial charge is 0.455 e. The molecule has 8 aromatic carbocycles. The molecule has 3 aromatic heterocycles. The molecule has 0 fully saturated rings. The van der Waals surface area contributed by atoms with Crippen LogP contribution in [0.5, 0.6) is 0 Å². The zero-order valence-corrected chi connectivity index (χ0v) is 28.5. The Morgan fingerprint density at radius 2 is 0.981 bits per heavy atom. The Hall–Kier alpha value is -7.35. The number of hydrogen-bond acceptors (Lipinski definition) is 2. The lowest BCUT2D eigenvalue weighted by Crippen LogP contribution is -2.00. The molecule has 11 aromatic rings. The number of nitrogens with zero attached hydrogens (tertiary/aromatic N) is 3. The van der Waals surface area contributed by atoms with Crippen molar-refractivity contribution in [2.75, 3.05) is 0 Å². The van der Waals surface area contributed by atoms with Gasteiger partial charge in [0, 0.05) is 38.3 Å². The average Bonchev–Trinajstić information content (AvgIpc) is 3.88. The van der Waals surface area contributed by atoms with Crippen molar-refractivity contribution in [3.63, 3.8) is 0 Å². The molecule has 0 atom stereocenters. The summed E-state index contributed by atoms with van der Waals surface area (Å²) in [6.07, 6.45) is 0. The molecule has 0 saturated heterocycles. The summed E-state index contributed by atoms with van der Waals surface area (Å²) in [5.74, 6) is 0. The molecule has 0 aliphatic heterocycles. The van der Waals surface area contributed by atoms with E-state index in [1.807, 2.05) is 30.3 Å². The summed E-state index contributed by atoms with van der Waals surface area (Å²) in [4.78, 5) is 0. The zero-order chi connectivity index (χ0) is 35.0. The fraction of sp³-hybridized carbons (Fsp3) is 0. The van der Waals surface area contributed by atoms with Gasteiger partial charge >= 0.3 is 0 Å². The first kappa shape index (κ1) is 29.4. The molecule has 0 aliphatic carbocycles. The molecule has 0 amide bonds. The van der Waals surface area contributed by atoms with Gasteiger partial charge in [0.2, 0.25) is 0 Å². The molecule has 246 valence electrons. The molecular weight excluding hydrogens is 647 g/mol. The van der Waals surface area contributed by atoms with Gasteiger partial charge < -0.3 is 13.6 Å². The molecule has 0 aliphatic rings. The lowest BCUT2D eigenvalue weighted by atomic mass is 9.93. The third-order valence-electron chi connectivity index (χ3n) is 10.7. The zero-order valence-electron chi connectivity index (χ0n) is 28.5. The maximum absolute atomic E-state index is 9.77. The van der Waals surface area contributed by atoms with Crippen LogP contribution < -0.4 is 0 Å². The number of para-hydroxylation sites is 4. The third-order valence-corrected chi connectivity index (χ3v) is 10.7. The molecule has 4 heteroatoms. The van der Waals surface area contributed by atoms with Crippen LogP contribution in [-0.2, 0) is 0 Å². The summed E-state index contributed by atoms with van der Waals surface area (Å²) < 4.78 is 11.4. The first-order chi connectivity index (χ1) is 26.2. The summed E-state index contributed by atoms with van der Waals surface area (Å²) in [5.41, 5.74) is 13.3. The van der Waals surface area contributed by atoms with Gasteiger partial charge in [-0.05, 0) is 89.0 Å². The predicted octanol–water partition coefficient (Wildman–Crippen LogP) is 13.0. The van der Waals surface area contributed by atoms with Crippen LogP contribution in [0.1, 0.15) is 5.56 Å². The molecule has 11 rings (SSSR count). The van der Waals surface area contributed by atoms with E-state index >= 15 is 0 Å². The lowest BCUT2D eigenvalue weighted by Gasteiger charge is -2.17. The number of furan rings is 1. The van der Waals surface area contributed by atoms with Crippen LogP contribution in [0.2, 0.25) is 0 Å². The van der Waals surface area contributed by atoms with Crippen molar-refractivity contribution in [3.05, 3.63) is 181 Å². The summed E-state index contributed by atoms with van der Waals surface area (Å²) in [7, 11) is 0. The van der Waals surface area contributed by atoms with Gasteiger partial charge in [-0.1, -0.05) is 109 Å². The van der Waals surface area contributed by atoms with E-state index < -0.39 is 0 Å². The molecule has 53 heavy (non-hydrogen) atoms. The molecule has 0 unspecified atom stereocenters. The van der Waals surface area contributed by atoms with Crippen LogP contribution in [0.3, 0.4) is 0 Å². The van der Waals surface area contributed by atoms with Gasteiger partial charge in [-0.2, -0.15) is 5.26 Å². The molecule has 0 bridgehead atoms. The molecule has 0 saturated carbocycles. The van der Waals surface area contributed by atoms with Gasteiger partial charge in [0.05, 0.1) is 39.1 Å². The predicted molar refractivity (Wildman–Crippen MR) is 218 cm³/mol. The molecule has 3 heterocycles. The minimum Gasteiger partial charge on any atom is -0.455 e. The topological polar surface area (TPSA) is 46.8 Å². The van der Waals surface area contributed by atoms with Gasteiger partial charge in [-0.25, -0.2) is 0 Å². The first-order valence-corrected chi connectivity index (χ1v) is 17.8. The second-order valence-electron chi connectivity index (χ2n) is 13.6. The van der Waals surface area contributed by atoms with E-state index in [0.29, 0.717) is 5.56 Å². The third kappa shape index (κ3) is 4.35. The van der Waals surface area contributed by atoms with Crippen LogP contribution in [0.25, 0.3) is 99.2 Å². The molecular formula is C49H29N3O. The standard InChI is InChI=1S/C49H29N3O/c50-30-31-12-11-13-32(26-31)36-14-1-2-15-37(36)33-27-34(51-43-20-7-3-16-38(43)39-17-4-8-21-44(39)51)29-35(28-33)52-45-22-9-5-19-42(45)48-46(52)25-24-41-40-18-6-10-23-47(40)53-49(41)48/h1-29H. The van der Waals surface area contributed by atoms with Crippen LogP contribution >= 0.6 is 0 Å². The van der Waals surface area contributed by atoms with Crippen LogP contribution in [0.4, 0.5) is 0 Å². The van der Waals surface area contributed by atoms with Crippen molar-refractivity contribution in [2.45, 2.75) is 0 Å². The number of aromatic nitrogens is 2. The van der Waals surface area contributed by atoms with Crippen molar-refractivity contribution in [1.82, 2.24) is 9.13 Å². The number of nitriles is 1. The van der Waals surface area contributed by atoms with Gasteiger partial charge in [0.1, 0.15) is 11.2 Å². The van der Waals surface area contributed by atoms with E-state index in [0.717, 1.165) is 88.4 Å². The van der Waals surface area contributed by atoms with Crippen LogP contribution in [0.15, 0.2) is 180 Å². The Balaban J connectivity index is 1.26. The first-order valence-electron chi connectivity index (χ1n) is 17.8. The number of fused-ring (bicyclic) bond motifs is 10. The van der Waals surface area contributed by atoms with E-state index in [2.05, 4.69) is 161 Å². The molecule has 0 spiro atoms. The maximum atomic E-state index is 9.77. The summed E-state index contributed by atoms with van der Waals surface area (Å²) in [6.45, 7) is 0. The fourth-order valence-corrected chi connectivity index (χ4v) is 8.47. The number of rotatable bonds is 4. The van der Waals surface area contributed by atoms with Gasteiger partial charge in [0.15, 0.2) is 0 Å². The second kappa shape index (κ2) is 11.3. The van der Waals surface area contributed by atoms with Crippen molar-refractivity contribution >= 4 is 65.6 Å². The van der Waals surface area contributed by atoms with Gasteiger partial charge in [0.25, 0.3) is 0 Å². The highest BCUT2D eigenvalue weighted by Gasteiger charge is 2.21. The number of benzene rings is 8. The minimum absolute atomic E-state index is 0.638. The van der Waals surface area contributed by atoms with Gasteiger partial charge in [-0.15, -0.1) is 0 Å². The smallest absolute Gasteiger partial charge is 0.145 e. The van der Waals surface area contributed by atoms with Crippen molar-refractivity contribution < 1.29 is 4.42 Å². The van der Waals surface area contributed by atoms with Crippen molar-refractivity contribution in [1.29, 1.82) is 5.26 Å². The highest BCUT2D eigenvalue weighted by molar-refractivity contribution is 6.24. The van der Waals surface area contributed by atoms with Crippen LogP contribution in [0, 0.1) is 11.3 Å². The molecule has 0 radical (unpaired) electrons. The monoisotopic (exact) mass is 675 g/mol. The Morgan fingerprint density at radius 1 is 0.415 bits per heavy atom. The summed E-state index contributed by atoms with van der Waals surface area (Å²) in [6, 6.07) is 64.3. The van der Waals surface area contributed by atoms with E-state index in [1.54, 1.807) is 0 Å². The minimum atomic E-state index is 0.638. The molecule has 0 N–H and O–H groups in total. The quantitative estimate of drug-likeness (QED) is 0.186. The average molecular weight is 676 g/mol. The number of hydrogen-bond donors (Lipinski definition) is 0. The van der Waals surface area contributed by atoms with Crippen molar-refractivity contribution in [2.24, 2.45) is 0 Å². The van der Waals surface area contributed by atoms with E-state index in [1.165, 1.54) is 10.8 Å². The van der Waals surface area contributed by atoms with Crippen molar-refractivity contribution in [3.8, 4) is 39.7 Å². The van der Waals surface area contributed by atoms with E-state index in [-0.39, 0.29) is 0 Å². The highest BCUT2D eigenvalue weighted by Crippen LogP contribution is 2.43. The Kier molecular flexibility index (Phi) is 6.28. The summed E-state index contributed by atoms with van der Waals surface area (Å²) in [5, 5.41) is 16.7. The SMILES string of the molecule is N#Cc1cccc(-c2ccccc2-c2cc(-n3c4ccccc4c4ccccc43)cc(-n3c4ccccc4c4c5oc6ccccc6c5ccc43)c2)c1. The van der Waals surface area contributed by atoms with Crippen LogP contribution in [-0.4, -0.2) is 9.13 Å². The van der Waals surface area contributed by atoms with E-state index in [9.17, 15) is 5.26 Å². The maximum Gasteiger partial charge on any atom is 0.145 e. The molecule has 4 nitrogen and oxygen atoms in total. The lowest BCUT2D eigenvalue weighted by molar-refractivity contribution is 0.673. The highest BCUT2D eigenvalue weighted by atomic mass is 16.3. The van der Waals surface area contributed by atoms with Gasteiger partial charge in [-0.3, -0.25) is 0 Å². The Labute approximate surface area is 304 Å².